The minimum absolute atomic E-state index is 0.237. The first-order valence-electron chi connectivity index (χ1n) is 33.9. The molecule has 0 aromatic carbocycles. The zero-order valence-electron chi connectivity index (χ0n) is 52.8. The minimum atomic E-state index is -1.98. The van der Waals surface area contributed by atoms with Crippen LogP contribution in [0.25, 0.3) is 0 Å². The number of allylic oxidation sites excluding steroid dienone is 7. The maximum atomic E-state index is 13.3. The lowest BCUT2D eigenvalue weighted by molar-refractivity contribution is -0.379. The van der Waals surface area contributed by atoms with Crippen molar-refractivity contribution in [3.05, 3.63) is 48.6 Å². The zero-order chi connectivity index (χ0) is 62.6. The summed E-state index contributed by atoms with van der Waals surface area (Å²) in [5, 5.41) is 120. The number of hydrogen-bond donors (Lipinski definition) is 12. The number of hydrogen-bond acceptors (Lipinski definition) is 18. The van der Waals surface area contributed by atoms with E-state index in [9.17, 15) is 61.0 Å². The molecule has 502 valence electrons. The van der Waals surface area contributed by atoms with Crippen LogP contribution in [-0.4, -0.2) is 193 Å². The lowest BCUT2D eigenvalue weighted by Gasteiger charge is -2.48. The number of nitrogens with one attached hydrogen (secondary N) is 1. The van der Waals surface area contributed by atoms with E-state index in [0.29, 0.717) is 12.8 Å². The Morgan fingerprint density at radius 3 is 1.24 bits per heavy atom. The molecule has 3 aliphatic rings. The molecule has 0 spiro atoms. The molecule has 0 aliphatic carbocycles. The van der Waals surface area contributed by atoms with Gasteiger partial charge in [0.2, 0.25) is 5.91 Å². The highest BCUT2D eigenvalue weighted by Crippen LogP contribution is 2.33. The summed E-state index contributed by atoms with van der Waals surface area (Å²) >= 11 is 0. The molecule has 0 radical (unpaired) electrons. The van der Waals surface area contributed by atoms with Crippen LogP contribution in [0.5, 0.6) is 0 Å². The number of rotatable bonds is 51. The molecule has 3 saturated heterocycles. The SMILES string of the molecule is CCCCCC/C=C/CC/C=C/C(O)C(COC1OC(CO)C(OC2OC(CO)C(OC3OC(CO)C(O)C(O)C3O)C(O)C2O)C(O)C1O)NC(=O)CCCCCCCCCCCCCCCCCCCCC/C=C\C/C=C\CCCCCCC. The Kier molecular flexibility index (Phi) is 44.8. The predicted octanol–water partition coefficient (Wildman–Crippen LogP) is 8.22. The zero-order valence-corrected chi connectivity index (χ0v) is 52.8. The Morgan fingerprint density at radius 2 is 0.779 bits per heavy atom. The number of amides is 1. The van der Waals surface area contributed by atoms with Gasteiger partial charge in [0.1, 0.15) is 73.2 Å². The summed E-state index contributed by atoms with van der Waals surface area (Å²) in [4.78, 5) is 13.3. The van der Waals surface area contributed by atoms with Crippen LogP contribution in [0.4, 0.5) is 0 Å². The Labute approximate surface area is 516 Å². The summed E-state index contributed by atoms with van der Waals surface area (Å²) in [5.74, 6) is -0.286. The topological polar surface area (TPSA) is 307 Å². The summed E-state index contributed by atoms with van der Waals surface area (Å²) in [7, 11) is 0. The monoisotopic (exact) mass is 1230 g/mol. The van der Waals surface area contributed by atoms with Crippen molar-refractivity contribution in [2.45, 2.75) is 343 Å². The molecule has 19 nitrogen and oxygen atoms in total. The van der Waals surface area contributed by atoms with Crippen LogP contribution in [0, 0.1) is 0 Å². The molecular weight excluding hydrogens is 1110 g/mol. The Balaban J connectivity index is 1.35. The summed E-state index contributed by atoms with van der Waals surface area (Å²) < 4.78 is 34.2. The van der Waals surface area contributed by atoms with Crippen molar-refractivity contribution in [3.8, 4) is 0 Å². The number of aliphatic hydroxyl groups is 11. The van der Waals surface area contributed by atoms with Crippen molar-refractivity contribution < 1.29 is 89.4 Å². The highest BCUT2D eigenvalue weighted by Gasteiger charge is 2.53. The molecule has 1 amide bonds. The number of unbranched alkanes of at least 4 members (excludes halogenated alkanes) is 29. The van der Waals surface area contributed by atoms with E-state index in [1.807, 2.05) is 6.08 Å². The highest BCUT2D eigenvalue weighted by atomic mass is 16.8. The minimum Gasteiger partial charge on any atom is -0.394 e. The maximum Gasteiger partial charge on any atom is 0.220 e. The first-order valence-corrected chi connectivity index (χ1v) is 33.9. The van der Waals surface area contributed by atoms with Crippen LogP contribution in [-0.2, 0) is 33.2 Å². The van der Waals surface area contributed by atoms with Gasteiger partial charge in [0.25, 0.3) is 0 Å². The lowest BCUT2D eigenvalue weighted by Crippen LogP contribution is -2.66. The first-order chi connectivity index (χ1) is 41.8. The average molecular weight is 1230 g/mol. The van der Waals surface area contributed by atoms with Gasteiger partial charge in [-0.3, -0.25) is 4.79 Å². The van der Waals surface area contributed by atoms with Crippen LogP contribution < -0.4 is 5.32 Å². The van der Waals surface area contributed by atoms with Gasteiger partial charge in [0.15, 0.2) is 18.9 Å². The van der Waals surface area contributed by atoms with Gasteiger partial charge >= 0.3 is 0 Å². The number of aliphatic hydroxyl groups excluding tert-OH is 11. The summed E-state index contributed by atoms with van der Waals surface area (Å²) in [6.45, 7) is 1.66. The van der Waals surface area contributed by atoms with Crippen molar-refractivity contribution in [2.75, 3.05) is 26.4 Å². The second-order valence-electron chi connectivity index (χ2n) is 24.3. The third-order valence-corrected chi connectivity index (χ3v) is 16.8. The van der Waals surface area contributed by atoms with E-state index in [1.165, 1.54) is 161 Å². The molecular formula is C67H121NO18. The molecule has 3 heterocycles. The van der Waals surface area contributed by atoms with E-state index in [1.54, 1.807) is 6.08 Å². The smallest absolute Gasteiger partial charge is 0.220 e. The van der Waals surface area contributed by atoms with Gasteiger partial charge < -0.3 is 89.9 Å². The van der Waals surface area contributed by atoms with Gasteiger partial charge in [0.05, 0.1) is 38.6 Å². The van der Waals surface area contributed by atoms with Crippen molar-refractivity contribution >= 4 is 5.91 Å². The third kappa shape index (κ3) is 31.7. The standard InChI is InChI=1S/C67H121NO18/c1-3-5-7-9-11-13-15-16-17-18-19-20-21-22-23-24-25-26-27-28-29-30-31-32-33-34-35-37-39-41-43-45-55(73)68-50(51(72)44-42-40-38-36-14-12-10-8-6-4-2)49-81-65-61(79)58(76)63(53(47-70)83-65)86-67-62(80)59(77)64(54(48-71)84-67)85-66-60(78)57(75)56(74)52(46-69)82-66/h14-16,18-19,36,42,44,50-54,56-67,69-72,74-80H,3-13,17,20-35,37-41,43,45-49H2,1-2H3,(H,68,73)/b16-15-,19-18-,36-14+,44-42+. The molecule has 17 unspecified atom stereocenters. The van der Waals surface area contributed by atoms with Crippen molar-refractivity contribution in [1.82, 2.24) is 5.32 Å². The van der Waals surface area contributed by atoms with Crippen LogP contribution in [0.2, 0.25) is 0 Å². The van der Waals surface area contributed by atoms with Gasteiger partial charge in [-0.05, 0) is 64.2 Å². The van der Waals surface area contributed by atoms with Crippen molar-refractivity contribution in [2.24, 2.45) is 0 Å². The van der Waals surface area contributed by atoms with Crippen molar-refractivity contribution in [1.29, 1.82) is 0 Å². The molecule has 3 rings (SSSR count). The third-order valence-electron chi connectivity index (χ3n) is 16.8. The fourth-order valence-electron chi connectivity index (χ4n) is 11.3. The molecule has 0 saturated carbocycles. The number of ether oxygens (including phenoxy) is 6. The summed E-state index contributed by atoms with van der Waals surface area (Å²) in [6, 6.07) is -0.987. The van der Waals surface area contributed by atoms with Crippen LogP contribution in [0.3, 0.4) is 0 Å². The van der Waals surface area contributed by atoms with E-state index in [4.69, 9.17) is 28.4 Å². The second-order valence-corrected chi connectivity index (χ2v) is 24.3. The molecule has 86 heavy (non-hydrogen) atoms. The van der Waals surface area contributed by atoms with Crippen LogP contribution >= 0.6 is 0 Å². The van der Waals surface area contributed by atoms with E-state index in [0.717, 1.165) is 44.9 Å². The molecule has 0 aromatic heterocycles. The number of carbonyl (C=O) groups excluding carboxylic acids is 1. The highest BCUT2D eigenvalue weighted by molar-refractivity contribution is 5.76. The molecule has 17 atom stereocenters. The molecule has 12 N–H and O–H groups in total. The first kappa shape index (κ1) is 78.0. The molecule has 0 aromatic rings. The van der Waals surface area contributed by atoms with Gasteiger partial charge in [-0.25, -0.2) is 0 Å². The van der Waals surface area contributed by atoms with E-state index in [2.05, 4.69) is 55.6 Å². The average Bonchev–Trinajstić information content (AvgIpc) is 2.05. The maximum absolute atomic E-state index is 13.3. The largest absolute Gasteiger partial charge is 0.394 e. The summed E-state index contributed by atoms with van der Waals surface area (Å²) in [5.41, 5.74) is 0. The molecule has 3 aliphatic heterocycles. The van der Waals surface area contributed by atoms with Gasteiger partial charge in [-0.1, -0.05) is 217 Å². The Morgan fingerprint density at radius 1 is 0.419 bits per heavy atom. The Hall–Kier alpha value is -2.25. The molecule has 3 fully saturated rings. The number of carbonyl (C=O) groups is 1. The lowest BCUT2D eigenvalue weighted by atomic mass is 9.96. The molecule has 0 bridgehead atoms. The second kappa shape index (κ2) is 49.5. The van der Waals surface area contributed by atoms with Crippen LogP contribution in [0.1, 0.15) is 239 Å². The van der Waals surface area contributed by atoms with E-state index in [-0.39, 0.29) is 18.9 Å². The van der Waals surface area contributed by atoms with Gasteiger partial charge in [-0.15, -0.1) is 0 Å². The van der Waals surface area contributed by atoms with Crippen molar-refractivity contribution in [3.63, 3.8) is 0 Å². The predicted molar refractivity (Wildman–Crippen MR) is 332 cm³/mol. The fraction of sp³-hybridized carbons (Fsp3) is 0.866. The van der Waals surface area contributed by atoms with Gasteiger partial charge in [0, 0.05) is 6.42 Å². The van der Waals surface area contributed by atoms with E-state index < -0.39 is 124 Å². The van der Waals surface area contributed by atoms with Crippen LogP contribution in [0.15, 0.2) is 48.6 Å². The molecule has 19 heteroatoms. The normalized spacial score (nSPS) is 29.1. The van der Waals surface area contributed by atoms with Gasteiger partial charge in [-0.2, -0.15) is 0 Å². The van der Waals surface area contributed by atoms with E-state index >= 15 is 0 Å². The Bertz CT molecular complexity index is 1750. The quantitative estimate of drug-likeness (QED) is 0.0202. The summed E-state index contributed by atoms with van der Waals surface area (Å²) in [6.07, 6.45) is 31.3. The fourth-order valence-corrected chi connectivity index (χ4v) is 11.3.